The van der Waals surface area contributed by atoms with Gasteiger partial charge in [-0.3, -0.25) is 9.98 Å². The van der Waals surface area contributed by atoms with E-state index >= 15 is 0 Å². The molecule has 1 aromatic heterocycles. The highest BCUT2D eigenvalue weighted by Gasteiger charge is 2.04. The maximum Gasteiger partial charge on any atom is 0.191 e. The molecule has 94 valence electrons. The number of hydrogen-bond donors (Lipinski definition) is 2. The largest absolute Gasteiger partial charge is 0.354 e. The second-order valence-corrected chi connectivity index (χ2v) is 4.15. The minimum absolute atomic E-state index is 0.422. The number of rotatable bonds is 4. The molecule has 17 heavy (non-hydrogen) atoms. The molecule has 0 saturated carbocycles. The molecule has 0 aliphatic rings. The van der Waals surface area contributed by atoms with Gasteiger partial charge in [0, 0.05) is 19.3 Å². The molecule has 0 aromatic carbocycles. The smallest absolute Gasteiger partial charge is 0.191 e. The van der Waals surface area contributed by atoms with Crippen molar-refractivity contribution in [3.8, 4) is 0 Å². The Morgan fingerprint density at radius 3 is 2.88 bits per heavy atom. The number of pyridine rings is 1. The molecule has 2 N–H and O–H groups in total. The molecule has 0 aliphatic heterocycles. The van der Waals surface area contributed by atoms with E-state index in [9.17, 15) is 0 Å². The van der Waals surface area contributed by atoms with Gasteiger partial charge in [0.05, 0.1) is 12.2 Å². The normalized spacial score (nSPS) is 13.3. The Bertz CT molecular complexity index is 373. The van der Waals surface area contributed by atoms with Gasteiger partial charge in [0.15, 0.2) is 5.96 Å². The quantitative estimate of drug-likeness (QED) is 0.617. The Morgan fingerprint density at radius 1 is 1.53 bits per heavy atom. The van der Waals surface area contributed by atoms with E-state index in [-0.39, 0.29) is 0 Å². The summed E-state index contributed by atoms with van der Waals surface area (Å²) in [4.78, 5) is 8.53. The van der Waals surface area contributed by atoms with Crippen LogP contribution in [0, 0.1) is 6.92 Å². The summed E-state index contributed by atoms with van der Waals surface area (Å²) >= 11 is 0. The van der Waals surface area contributed by atoms with Gasteiger partial charge >= 0.3 is 0 Å². The summed E-state index contributed by atoms with van der Waals surface area (Å²) in [6.45, 7) is 7.05. The standard InChI is InChI=1S/C13H22N4/c1-5-11(3)17-13(14-4)16-9-12-10(2)7-6-8-15-12/h6-8,11H,5,9H2,1-4H3,(H2,14,16,17). The Labute approximate surface area is 104 Å². The molecule has 0 saturated heterocycles. The zero-order valence-corrected chi connectivity index (χ0v) is 11.1. The van der Waals surface area contributed by atoms with Crippen LogP contribution < -0.4 is 10.6 Å². The van der Waals surface area contributed by atoms with Crippen molar-refractivity contribution in [2.75, 3.05) is 7.05 Å². The minimum atomic E-state index is 0.422. The second kappa shape index (κ2) is 6.89. The van der Waals surface area contributed by atoms with Crippen LogP contribution in [0.1, 0.15) is 31.5 Å². The Hall–Kier alpha value is -1.58. The number of hydrogen-bond acceptors (Lipinski definition) is 2. The minimum Gasteiger partial charge on any atom is -0.354 e. The van der Waals surface area contributed by atoms with Crippen LogP contribution in [0.25, 0.3) is 0 Å². The highest BCUT2D eigenvalue weighted by Crippen LogP contribution is 2.02. The predicted molar refractivity (Wildman–Crippen MR) is 72.1 cm³/mol. The van der Waals surface area contributed by atoms with Gasteiger partial charge in [-0.15, -0.1) is 0 Å². The molecule has 1 heterocycles. The van der Waals surface area contributed by atoms with Crippen molar-refractivity contribution in [3.05, 3.63) is 29.6 Å². The van der Waals surface area contributed by atoms with Crippen LogP contribution in [0.2, 0.25) is 0 Å². The first-order chi connectivity index (χ1) is 8.17. The van der Waals surface area contributed by atoms with Crippen molar-refractivity contribution in [1.29, 1.82) is 0 Å². The first-order valence-corrected chi connectivity index (χ1v) is 6.05. The highest BCUT2D eigenvalue weighted by molar-refractivity contribution is 5.79. The summed E-state index contributed by atoms with van der Waals surface area (Å²) < 4.78 is 0. The van der Waals surface area contributed by atoms with E-state index in [4.69, 9.17) is 0 Å². The summed E-state index contributed by atoms with van der Waals surface area (Å²) in [6, 6.07) is 4.44. The lowest BCUT2D eigenvalue weighted by Crippen LogP contribution is -2.41. The third-order valence-corrected chi connectivity index (χ3v) is 2.76. The van der Waals surface area contributed by atoms with Crippen molar-refractivity contribution < 1.29 is 0 Å². The first-order valence-electron chi connectivity index (χ1n) is 6.05. The van der Waals surface area contributed by atoms with Gasteiger partial charge in [-0.1, -0.05) is 13.0 Å². The number of aliphatic imine (C=N–C) groups is 1. The zero-order valence-electron chi connectivity index (χ0n) is 11.1. The average molecular weight is 234 g/mol. The molecule has 0 spiro atoms. The first kappa shape index (κ1) is 13.5. The summed E-state index contributed by atoms with van der Waals surface area (Å²) in [5, 5.41) is 6.59. The van der Waals surface area contributed by atoms with Crippen molar-refractivity contribution in [2.45, 2.75) is 39.8 Å². The fourth-order valence-corrected chi connectivity index (χ4v) is 1.40. The van der Waals surface area contributed by atoms with Crippen LogP contribution in [-0.4, -0.2) is 24.0 Å². The third kappa shape index (κ3) is 4.43. The fraction of sp³-hybridized carbons (Fsp3) is 0.538. The van der Waals surface area contributed by atoms with Gasteiger partial charge in [0.25, 0.3) is 0 Å². The maximum atomic E-state index is 4.34. The van der Waals surface area contributed by atoms with E-state index in [0.29, 0.717) is 12.6 Å². The van der Waals surface area contributed by atoms with Gasteiger partial charge in [0.1, 0.15) is 0 Å². The van der Waals surface area contributed by atoms with E-state index in [1.807, 2.05) is 12.3 Å². The molecule has 1 aromatic rings. The molecule has 0 aliphatic carbocycles. The van der Waals surface area contributed by atoms with E-state index < -0.39 is 0 Å². The number of guanidine groups is 1. The van der Waals surface area contributed by atoms with Crippen LogP contribution in [0.4, 0.5) is 0 Å². The second-order valence-electron chi connectivity index (χ2n) is 4.15. The number of aryl methyl sites for hydroxylation is 1. The molecule has 0 amide bonds. The van der Waals surface area contributed by atoms with Crippen molar-refractivity contribution in [1.82, 2.24) is 15.6 Å². The number of nitrogens with zero attached hydrogens (tertiary/aromatic N) is 2. The molecule has 1 unspecified atom stereocenters. The SMILES string of the molecule is CCC(C)NC(=NC)NCc1ncccc1C. The molecule has 0 bridgehead atoms. The lowest BCUT2D eigenvalue weighted by Gasteiger charge is -2.16. The molecule has 4 heteroatoms. The predicted octanol–water partition coefficient (Wildman–Crippen LogP) is 1.85. The van der Waals surface area contributed by atoms with E-state index in [2.05, 4.69) is 47.4 Å². The van der Waals surface area contributed by atoms with Crippen molar-refractivity contribution in [3.63, 3.8) is 0 Å². The van der Waals surface area contributed by atoms with E-state index in [1.165, 1.54) is 5.56 Å². The Balaban J connectivity index is 2.52. The number of aromatic nitrogens is 1. The number of nitrogens with one attached hydrogen (secondary N) is 2. The van der Waals surface area contributed by atoms with Crippen LogP contribution in [0.3, 0.4) is 0 Å². The van der Waals surface area contributed by atoms with Gasteiger partial charge in [0.2, 0.25) is 0 Å². The topological polar surface area (TPSA) is 49.3 Å². The van der Waals surface area contributed by atoms with Gasteiger partial charge in [-0.2, -0.15) is 0 Å². The summed E-state index contributed by atoms with van der Waals surface area (Å²) in [7, 11) is 1.78. The van der Waals surface area contributed by atoms with Gasteiger partial charge < -0.3 is 10.6 Å². The summed E-state index contributed by atoms with van der Waals surface area (Å²) in [5.74, 6) is 0.824. The summed E-state index contributed by atoms with van der Waals surface area (Å²) in [5.41, 5.74) is 2.25. The zero-order chi connectivity index (χ0) is 12.7. The molecular formula is C13H22N4. The molecule has 1 rings (SSSR count). The van der Waals surface area contributed by atoms with Gasteiger partial charge in [-0.25, -0.2) is 0 Å². The highest BCUT2D eigenvalue weighted by atomic mass is 15.2. The lowest BCUT2D eigenvalue weighted by molar-refractivity contribution is 0.623. The molecule has 0 radical (unpaired) electrons. The third-order valence-electron chi connectivity index (χ3n) is 2.76. The van der Waals surface area contributed by atoms with Crippen LogP contribution in [0.15, 0.2) is 23.3 Å². The molecule has 4 nitrogen and oxygen atoms in total. The van der Waals surface area contributed by atoms with E-state index in [0.717, 1.165) is 18.1 Å². The fourth-order valence-electron chi connectivity index (χ4n) is 1.40. The van der Waals surface area contributed by atoms with Crippen LogP contribution in [-0.2, 0) is 6.54 Å². The molecule has 1 atom stereocenters. The monoisotopic (exact) mass is 234 g/mol. The summed E-state index contributed by atoms with van der Waals surface area (Å²) in [6.07, 6.45) is 2.89. The van der Waals surface area contributed by atoms with Gasteiger partial charge in [-0.05, 0) is 31.9 Å². The van der Waals surface area contributed by atoms with Crippen molar-refractivity contribution >= 4 is 5.96 Å². The maximum absolute atomic E-state index is 4.34. The van der Waals surface area contributed by atoms with E-state index in [1.54, 1.807) is 7.05 Å². The average Bonchev–Trinajstić information content (AvgIpc) is 2.35. The molecule has 0 fully saturated rings. The Kier molecular flexibility index (Phi) is 5.46. The molecular weight excluding hydrogens is 212 g/mol. The van der Waals surface area contributed by atoms with Crippen LogP contribution >= 0.6 is 0 Å². The Morgan fingerprint density at radius 2 is 2.29 bits per heavy atom. The van der Waals surface area contributed by atoms with Crippen LogP contribution in [0.5, 0.6) is 0 Å². The van der Waals surface area contributed by atoms with Crippen molar-refractivity contribution in [2.24, 2.45) is 4.99 Å². The lowest BCUT2D eigenvalue weighted by atomic mass is 10.2.